The van der Waals surface area contributed by atoms with E-state index in [4.69, 9.17) is 5.73 Å². The molecule has 2 atom stereocenters. The van der Waals surface area contributed by atoms with Crippen molar-refractivity contribution in [1.82, 2.24) is 10.3 Å². The molecule has 0 aliphatic rings. The highest BCUT2D eigenvalue weighted by Crippen LogP contribution is 2.16. The normalized spacial score (nSPS) is 13.3. The van der Waals surface area contributed by atoms with Gasteiger partial charge in [0.1, 0.15) is 0 Å². The minimum atomic E-state index is -0.256. The molecule has 110 valence electrons. The van der Waals surface area contributed by atoms with Crippen molar-refractivity contribution in [2.75, 3.05) is 5.32 Å². The molecule has 1 heterocycles. The van der Waals surface area contributed by atoms with Crippen molar-refractivity contribution in [3.05, 3.63) is 59.9 Å². The lowest BCUT2D eigenvalue weighted by atomic mass is 10.1. The maximum absolute atomic E-state index is 12.0. The van der Waals surface area contributed by atoms with Crippen LogP contribution in [0.4, 0.5) is 10.5 Å². The zero-order valence-electron chi connectivity index (χ0n) is 12.2. The molecule has 1 aromatic carbocycles. The summed E-state index contributed by atoms with van der Waals surface area (Å²) in [6.07, 6.45) is 3.44. The van der Waals surface area contributed by atoms with Gasteiger partial charge in [-0.25, -0.2) is 4.79 Å². The Bertz CT molecular complexity index is 598. The largest absolute Gasteiger partial charge is 0.331 e. The highest BCUT2D eigenvalue weighted by atomic mass is 16.2. The molecular weight excluding hydrogens is 264 g/mol. The van der Waals surface area contributed by atoms with Crippen molar-refractivity contribution in [3.63, 3.8) is 0 Å². The van der Waals surface area contributed by atoms with Crippen LogP contribution in [0.1, 0.15) is 37.1 Å². The van der Waals surface area contributed by atoms with E-state index in [1.54, 1.807) is 12.4 Å². The Morgan fingerprint density at radius 3 is 2.62 bits per heavy atom. The maximum Gasteiger partial charge on any atom is 0.319 e. The second-order valence-corrected chi connectivity index (χ2v) is 5.02. The molecule has 21 heavy (non-hydrogen) atoms. The van der Waals surface area contributed by atoms with E-state index in [9.17, 15) is 4.79 Å². The number of rotatable bonds is 4. The van der Waals surface area contributed by atoms with E-state index in [1.807, 2.05) is 50.2 Å². The van der Waals surface area contributed by atoms with Crippen molar-refractivity contribution in [3.8, 4) is 0 Å². The van der Waals surface area contributed by atoms with Gasteiger partial charge >= 0.3 is 6.03 Å². The third-order valence-corrected chi connectivity index (χ3v) is 3.20. The van der Waals surface area contributed by atoms with E-state index < -0.39 is 0 Å². The molecule has 0 saturated heterocycles. The molecule has 0 fully saturated rings. The Balaban J connectivity index is 1.97. The van der Waals surface area contributed by atoms with Crippen molar-refractivity contribution < 1.29 is 4.79 Å². The van der Waals surface area contributed by atoms with Crippen LogP contribution in [-0.2, 0) is 0 Å². The number of pyridine rings is 1. The van der Waals surface area contributed by atoms with Gasteiger partial charge in [-0.2, -0.15) is 0 Å². The predicted molar refractivity (Wildman–Crippen MR) is 83.9 cm³/mol. The number of urea groups is 1. The molecule has 2 unspecified atom stereocenters. The zero-order valence-corrected chi connectivity index (χ0v) is 12.2. The maximum atomic E-state index is 12.0. The van der Waals surface area contributed by atoms with Gasteiger partial charge in [0, 0.05) is 24.1 Å². The Morgan fingerprint density at radius 1 is 1.19 bits per heavy atom. The summed E-state index contributed by atoms with van der Waals surface area (Å²) >= 11 is 0. The number of hydrogen-bond acceptors (Lipinski definition) is 3. The van der Waals surface area contributed by atoms with Crippen LogP contribution < -0.4 is 16.4 Å². The number of carbonyl (C=O) groups is 1. The fourth-order valence-corrected chi connectivity index (χ4v) is 1.98. The third-order valence-electron chi connectivity index (χ3n) is 3.20. The monoisotopic (exact) mass is 284 g/mol. The molecule has 0 bridgehead atoms. The molecule has 0 aliphatic carbocycles. The number of amides is 2. The van der Waals surface area contributed by atoms with Gasteiger partial charge in [-0.3, -0.25) is 4.98 Å². The van der Waals surface area contributed by atoms with Crippen molar-refractivity contribution >= 4 is 11.7 Å². The van der Waals surface area contributed by atoms with E-state index >= 15 is 0 Å². The van der Waals surface area contributed by atoms with Crippen LogP contribution >= 0.6 is 0 Å². The van der Waals surface area contributed by atoms with Crippen LogP contribution in [0.3, 0.4) is 0 Å². The summed E-state index contributed by atoms with van der Waals surface area (Å²) in [7, 11) is 0. The molecular formula is C16H20N4O. The van der Waals surface area contributed by atoms with Crippen molar-refractivity contribution in [2.24, 2.45) is 5.73 Å². The molecule has 0 spiro atoms. The van der Waals surface area contributed by atoms with E-state index in [2.05, 4.69) is 15.6 Å². The molecule has 0 saturated carbocycles. The summed E-state index contributed by atoms with van der Waals surface area (Å²) in [6, 6.07) is 10.9. The van der Waals surface area contributed by atoms with E-state index in [0.29, 0.717) is 0 Å². The average molecular weight is 284 g/mol. The number of anilines is 1. The van der Waals surface area contributed by atoms with Crippen molar-refractivity contribution in [1.29, 1.82) is 0 Å². The fraction of sp³-hybridized carbons (Fsp3) is 0.250. The van der Waals surface area contributed by atoms with Gasteiger partial charge in [0.25, 0.3) is 0 Å². The first-order chi connectivity index (χ1) is 10.1. The summed E-state index contributed by atoms with van der Waals surface area (Å²) in [5.74, 6) is 0. The van der Waals surface area contributed by atoms with E-state index in [-0.39, 0.29) is 18.1 Å². The van der Waals surface area contributed by atoms with Gasteiger partial charge in [-0.05, 0) is 43.2 Å². The number of hydrogen-bond donors (Lipinski definition) is 3. The van der Waals surface area contributed by atoms with E-state index in [1.165, 1.54) is 0 Å². The lowest BCUT2D eigenvalue weighted by Crippen LogP contribution is -2.31. The second-order valence-electron chi connectivity index (χ2n) is 5.02. The van der Waals surface area contributed by atoms with Gasteiger partial charge < -0.3 is 16.4 Å². The highest BCUT2D eigenvalue weighted by Gasteiger charge is 2.10. The van der Waals surface area contributed by atoms with Crippen LogP contribution in [0.2, 0.25) is 0 Å². The molecule has 2 rings (SSSR count). The Morgan fingerprint density at radius 2 is 1.95 bits per heavy atom. The number of nitrogens with zero attached hydrogens (tertiary/aromatic N) is 1. The quantitative estimate of drug-likeness (QED) is 0.807. The second kappa shape index (κ2) is 6.85. The molecule has 1 aromatic heterocycles. The lowest BCUT2D eigenvalue weighted by molar-refractivity contribution is 0.249. The predicted octanol–water partition coefficient (Wildman–Crippen LogP) is 2.98. The van der Waals surface area contributed by atoms with Crippen LogP contribution in [0.15, 0.2) is 48.8 Å². The first-order valence-electron chi connectivity index (χ1n) is 6.89. The SMILES string of the molecule is CC(N)c1cccc(NC(=O)NC(C)c2cccnc2)c1. The van der Waals surface area contributed by atoms with Crippen LogP contribution in [0.5, 0.6) is 0 Å². The van der Waals surface area contributed by atoms with Crippen molar-refractivity contribution in [2.45, 2.75) is 25.9 Å². The topological polar surface area (TPSA) is 80.0 Å². The smallest absolute Gasteiger partial charge is 0.319 e. The molecule has 5 nitrogen and oxygen atoms in total. The molecule has 0 aliphatic heterocycles. The van der Waals surface area contributed by atoms with Gasteiger partial charge in [0.05, 0.1) is 6.04 Å². The summed E-state index contributed by atoms with van der Waals surface area (Å²) in [4.78, 5) is 16.0. The number of aromatic nitrogens is 1. The first kappa shape index (κ1) is 15.0. The van der Waals surface area contributed by atoms with Crippen LogP contribution in [0.25, 0.3) is 0 Å². The average Bonchev–Trinajstić information content (AvgIpc) is 2.48. The molecule has 2 amide bonds. The van der Waals surface area contributed by atoms with Gasteiger partial charge in [0.2, 0.25) is 0 Å². The minimum absolute atomic E-state index is 0.0656. The minimum Gasteiger partial charge on any atom is -0.331 e. The summed E-state index contributed by atoms with van der Waals surface area (Å²) in [5.41, 5.74) is 8.49. The standard InChI is InChI=1S/C16H20N4O/c1-11(17)13-5-3-7-15(9-13)20-16(21)19-12(2)14-6-4-8-18-10-14/h3-12H,17H2,1-2H3,(H2,19,20,21). The summed E-state index contributed by atoms with van der Waals surface area (Å²) < 4.78 is 0. The summed E-state index contributed by atoms with van der Waals surface area (Å²) in [6.45, 7) is 3.82. The molecule has 4 N–H and O–H groups in total. The summed E-state index contributed by atoms with van der Waals surface area (Å²) in [5, 5.41) is 5.68. The van der Waals surface area contributed by atoms with Gasteiger partial charge in [0.15, 0.2) is 0 Å². The molecule has 0 radical (unpaired) electrons. The number of nitrogens with two attached hydrogens (primary N) is 1. The Labute approximate surface area is 124 Å². The molecule has 2 aromatic rings. The van der Waals surface area contributed by atoms with Gasteiger partial charge in [-0.1, -0.05) is 18.2 Å². The van der Waals surface area contributed by atoms with Gasteiger partial charge in [-0.15, -0.1) is 0 Å². The zero-order chi connectivity index (χ0) is 15.2. The lowest BCUT2D eigenvalue weighted by Gasteiger charge is -2.15. The van der Waals surface area contributed by atoms with Crippen LogP contribution in [0, 0.1) is 0 Å². The Kier molecular flexibility index (Phi) is 4.90. The number of carbonyl (C=O) groups excluding carboxylic acids is 1. The number of nitrogens with one attached hydrogen (secondary N) is 2. The fourth-order valence-electron chi connectivity index (χ4n) is 1.98. The third kappa shape index (κ3) is 4.29. The number of benzene rings is 1. The Hall–Kier alpha value is -2.40. The first-order valence-corrected chi connectivity index (χ1v) is 6.89. The molecule has 5 heteroatoms. The van der Waals surface area contributed by atoms with E-state index in [0.717, 1.165) is 16.8 Å². The van der Waals surface area contributed by atoms with Crippen LogP contribution in [-0.4, -0.2) is 11.0 Å². The highest BCUT2D eigenvalue weighted by molar-refractivity contribution is 5.89.